The molecule has 0 radical (unpaired) electrons. The van der Waals surface area contributed by atoms with Gasteiger partial charge in [-0.2, -0.15) is 0 Å². The number of nitrogens with zero attached hydrogens (tertiary/aromatic N) is 1. The predicted molar refractivity (Wildman–Crippen MR) is 107 cm³/mol. The molecule has 0 saturated heterocycles. The number of nitrogens with one attached hydrogen (secondary N) is 1. The van der Waals surface area contributed by atoms with Gasteiger partial charge in [-0.05, 0) is 36.2 Å². The smallest absolute Gasteiger partial charge is 0.257 e. The number of aryl methyl sites for hydroxylation is 1. The molecule has 1 aromatic heterocycles. The minimum absolute atomic E-state index is 0.163. The second kappa shape index (κ2) is 9.68. The molecule has 2 amide bonds. The highest BCUT2D eigenvalue weighted by molar-refractivity contribution is 5.95. The molecular formula is C23H23FN2O3. The molecule has 6 heteroatoms. The highest BCUT2D eigenvalue weighted by Gasteiger charge is 2.20. The Morgan fingerprint density at radius 3 is 2.38 bits per heavy atom. The van der Waals surface area contributed by atoms with Crippen LogP contribution in [0.15, 0.2) is 71.3 Å². The van der Waals surface area contributed by atoms with Crippen molar-refractivity contribution < 1.29 is 18.4 Å². The third-order valence-electron chi connectivity index (χ3n) is 4.60. The number of amides is 2. The van der Waals surface area contributed by atoms with Crippen LogP contribution < -0.4 is 5.32 Å². The lowest BCUT2D eigenvalue weighted by Crippen LogP contribution is -2.35. The van der Waals surface area contributed by atoms with Gasteiger partial charge < -0.3 is 14.6 Å². The maximum atomic E-state index is 13.0. The van der Waals surface area contributed by atoms with Crippen LogP contribution in [0.5, 0.6) is 0 Å². The lowest BCUT2D eigenvalue weighted by atomic mass is 10.1. The van der Waals surface area contributed by atoms with Crippen LogP contribution >= 0.6 is 0 Å². The van der Waals surface area contributed by atoms with Crippen molar-refractivity contribution in [3.05, 3.63) is 95.2 Å². The molecule has 0 fully saturated rings. The van der Waals surface area contributed by atoms with E-state index in [2.05, 4.69) is 5.32 Å². The fourth-order valence-electron chi connectivity index (χ4n) is 2.96. The van der Waals surface area contributed by atoms with Crippen LogP contribution in [-0.4, -0.2) is 23.3 Å². The summed E-state index contributed by atoms with van der Waals surface area (Å²) in [5.74, 6) is -0.117. The lowest BCUT2D eigenvalue weighted by Gasteiger charge is -2.22. The summed E-state index contributed by atoms with van der Waals surface area (Å²) in [5, 5.41) is 2.80. The van der Waals surface area contributed by atoms with Crippen molar-refractivity contribution in [1.29, 1.82) is 0 Å². The lowest BCUT2D eigenvalue weighted by molar-refractivity contribution is -0.121. The minimum Gasteiger partial charge on any atom is -0.469 e. The van der Waals surface area contributed by atoms with Gasteiger partial charge in [0, 0.05) is 26.1 Å². The van der Waals surface area contributed by atoms with Crippen LogP contribution in [0.25, 0.3) is 0 Å². The van der Waals surface area contributed by atoms with Crippen molar-refractivity contribution in [2.24, 2.45) is 0 Å². The van der Waals surface area contributed by atoms with Gasteiger partial charge in [0.1, 0.15) is 11.6 Å². The van der Waals surface area contributed by atoms with Gasteiger partial charge in [-0.25, -0.2) is 4.39 Å². The van der Waals surface area contributed by atoms with E-state index in [1.165, 1.54) is 18.4 Å². The van der Waals surface area contributed by atoms with E-state index >= 15 is 0 Å². The maximum absolute atomic E-state index is 13.0. The molecule has 29 heavy (non-hydrogen) atoms. The largest absolute Gasteiger partial charge is 0.469 e. The van der Waals surface area contributed by atoms with Gasteiger partial charge in [-0.3, -0.25) is 9.59 Å². The number of hydrogen-bond donors (Lipinski definition) is 1. The Morgan fingerprint density at radius 2 is 1.72 bits per heavy atom. The van der Waals surface area contributed by atoms with Crippen LogP contribution in [0.1, 0.15) is 33.7 Å². The summed E-state index contributed by atoms with van der Waals surface area (Å²) < 4.78 is 18.2. The van der Waals surface area contributed by atoms with Gasteiger partial charge in [0.25, 0.3) is 5.91 Å². The summed E-state index contributed by atoms with van der Waals surface area (Å²) in [4.78, 5) is 26.9. The van der Waals surface area contributed by atoms with Crippen LogP contribution in [0, 0.1) is 12.7 Å². The Kier molecular flexibility index (Phi) is 6.79. The molecule has 150 valence electrons. The summed E-state index contributed by atoms with van der Waals surface area (Å²) in [6, 6.07) is 17.2. The molecule has 0 bridgehead atoms. The van der Waals surface area contributed by atoms with Crippen molar-refractivity contribution in [2.45, 2.75) is 26.4 Å². The molecule has 0 unspecified atom stereocenters. The fraction of sp³-hybridized carbons (Fsp3) is 0.217. The Bertz CT molecular complexity index is 952. The van der Waals surface area contributed by atoms with Gasteiger partial charge in [-0.15, -0.1) is 0 Å². The number of rotatable bonds is 8. The first kappa shape index (κ1) is 20.3. The molecule has 1 N–H and O–H groups in total. The molecular weight excluding hydrogens is 371 g/mol. The summed E-state index contributed by atoms with van der Waals surface area (Å²) in [5.41, 5.74) is 2.28. The quantitative estimate of drug-likeness (QED) is 0.626. The van der Waals surface area contributed by atoms with Crippen LogP contribution in [-0.2, 0) is 17.9 Å². The number of carbonyl (C=O) groups is 2. The van der Waals surface area contributed by atoms with Crippen molar-refractivity contribution in [3.8, 4) is 0 Å². The summed E-state index contributed by atoms with van der Waals surface area (Å²) >= 11 is 0. The van der Waals surface area contributed by atoms with E-state index in [1.807, 2.05) is 30.3 Å². The molecule has 0 atom stereocenters. The standard InChI is InChI=1S/C23H23FN2O3/c1-17-21(12-14-29-17)23(28)26(16-19-5-3-2-4-6-19)13-11-22(27)25-15-18-7-9-20(24)10-8-18/h2-10,12,14H,11,13,15-16H2,1H3,(H,25,27). The van der Waals surface area contributed by atoms with E-state index in [0.717, 1.165) is 11.1 Å². The zero-order valence-electron chi connectivity index (χ0n) is 16.2. The molecule has 5 nitrogen and oxygen atoms in total. The monoisotopic (exact) mass is 394 g/mol. The Balaban J connectivity index is 1.61. The summed E-state index contributed by atoms with van der Waals surface area (Å²) in [7, 11) is 0. The number of benzene rings is 2. The van der Waals surface area contributed by atoms with E-state index in [1.54, 1.807) is 30.0 Å². The third kappa shape index (κ3) is 5.78. The van der Waals surface area contributed by atoms with Crippen LogP contribution in [0.4, 0.5) is 4.39 Å². The Labute approximate surface area is 169 Å². The summed E-state index contributed by atoms with van der Waals surface area (Å²) in [6.45, 7) is 2.72. The van der Waals surface area contributed by atoms with Gasteiger partial charge in [0.15, 0.2) is 0 Å². The zero-order chi connectivity index (χ0) is 20.6. The van der Waals surface area contributed by atoms with Crippen molar-refractivity contribution in [2.75, 3.05) is 6.54 Å². The highest BCUT2D eigenvalue weighted by Crippen LogP contribution is 2.15. The van der Waals surface area contributed by atoms with E-state index in [4.69, 9.17) is 4.42 Å². The molecule has 0 aliphatic heterocycles. The normalized spacial score (nSPS) is 10.6. The van der Waals surface area contributed by atoms with Crippen molar-refractivity contribution >= 4 is 11.8 Å². The van der Waals surface area contributed by atoms with Crippen molar-refractivity contribution in [1.82, 2.24) is 10.2 Å². The van der Waals surface area contributed by atoms with E-state index in [0.29, 0.717) is 24.4 Å². The SMILES string of the molecule is Cc1occc1C(=O)N(CCC(=O)NCc1ccc(F)cc1)Cc1ccccc1. The first-order chi connectivity index (χ1) is 14.0. The molecule has 2 aromatic carbocycles. The van der Waals surface area contributed by atoms with E-state index < -0.39 is 0 Å². The molecule has 3 rings (SSSR count). The molecule has 0 aliphatic rings. The average molecular weight is 394 g/mol. The number of furan rings is 1. The fourth-order valence-corrected chi connectivity index (χ4v) is 2.96. The second-order valence-corrected chi connectivity index (χ2v) is 6.76. The molecule has 0 aliphatic carbocycles. The molecule has 0 spiro atoms. The highest BCUT2D eigenvalue weighted by atomic mass is 19.1. The number of hydrogen-bond acceptors (Lipinski definition) is 3. The van der Waals surface area contributed by atoms with Gasteiger partial charge >= 0.3 is 0 Å². The van der Waals surface area contributed by atoms with Gasteiger partial charge in [0.2, 0.25) is 5.91 Å². The minimum atomic E-state index is -0.315. The predicted octanol–water partition coefficient (Wildman–Crippen LogP) is 4.08. The first-order valence-corrected chi connectivity index (χ1v) is 9.41. The van der Waals surface area contributed by atoms with E-state index in [-0.39, 0.29) is 30.6 Å². The zero-order valence-corrected chi connectivity index (χ0v) is 16.2. The maximum Gasteiger partial charge on any atom is 0.257 e. The van der Waals surface area contributed by atoms with Gasteiger partial charge in [0.05, 0.1) is 11.8 Å². The number of halogens is 1. The third-order valence-corrected chi connectivity index (χ3v) is 4.60. The molecule has 3 aromatic rings. The number of carbonyl (C=O) groups excluding carboxylic acids is 2. The topological polar surface area (TPSA) is 62.6 Å². The Hall–Kier alpha value is -3.41. The Morgan fingerprint density at radius 1 is 1.00 bits per heavy atom. The second-order valence-electron chi connectivity index (χ2n) is 6.76. The van der Waals surface area contributed by atoms with Crippen LogP contribution in [0.3, 0.4) is 0 Å². The molecule has 0 saturated carbocycles. The first-order valence-electron chi connectivity index (χ1n) is 9.41. The van der Waals surface area contributed by atoms with E-state index in [9.17, 15) is 14.0 Å². The van der Waals surface area contributed by atoms with Crippen LogP contribution in [0.2, 0.25) is 0 Å². The van der Waals surface area contributed by atoms with Gasteiger partial charge in [-0.1, -0.05) is 42.5 Å². The van der Waals surface area contributed by atoms with Crippen molar-refractivity contribution in [3.63, 3.8) is 0 Å². The average Bonchev–Trinajstić information content (AvgIpc) is 3.16. The molecule has 1 heterocycles. The summed E-state index contributed by atoms with van der Waals surface area (Å²) in [6.07, 6.45) is 1.65.